The lowest BCUT2D eigenvalue weighted by atomic mass is 9.48. The van der Waals surface area contributed by atoms with Gasteiger partial charge in [0.1, 0.15) is 5.78 Å². The first-order chi connectivity index (χ1) is 13.8. The standard InChI is InChI=1S/C26H36N2O/c1-16-5-20-14-25(2,3)28-23(22(20)9-21(16)15-27-4)10-24(29)26-11-17-6-18(12-26)8-19(7-17)13-26/h5,9,17-19,27H,6-8,10-15H2,1-4H3. The summed E-state index contributed by atoms with van der Waals surface area (Å²) in [6.07, 6.45) is 9.10. The van der Waals surface area contributed by atoms with Gasteiger partial charge in [-0.25, -0.2) is 0 Å². The van der Waals surface area contributed by atoms with E-state index in [-0.39, 0.29) is 11.0 Å². The number of hydrogen-bond donors (Lipinski definition) is 1. The molecule has 4 fully saturated rings. The highest BCUT2D eigenvalue weighted by molar-refractivity contribution is 6.14. The second-order valence-corrected chi connectivity index (χ2v) is 11.3. The maximum Gasteiger partial charge on any atom is 0.145 e. The van der Waals surface area contributed by atoms with E-state index in [2.05, 4.69) is 38.2 Å². The van der Waals surface area contributed by atoms with Gasteiger partial charge in [0.25, 0.3) is 0 Å². The van der Waals surface area contributed by atoms with E-state index in [0.717, 1.165) is 55.7 Å². The third-order valence-electron chi connectivity index (χ3n) is 8.26. The van der Waals surface area contributed by atoms with Crippen LogP contribution in [0.1, 0.15) is 81.0 Å². The first-order valence-electron chi connectivity index (χ1n) is 11.7. The van der Waals surface area contributed by atoms with E-state index in [4.69, 9.17) is 4.99 Å². The molecule has 0 aromatic heterocycles. The van der Waals surface area contributed by atoms with Gasteiger partial charge in [-0.15, -0.1) is 0 Å². The van der Waals surface area contributed by atoms with E-state index in [1.54, 1.807) is 0 Å². The molecule has 0 radical (unpaired) electrons. The third kappa shape index (κ3) is 3.40. The molecule has 0 amide bonds. The Bertz CT molecular complexity index is 844. The van der Waals surface area contributed by atoms with Crippen LogP contribution in [0.15, 0.2) is 17.1 Å². The lowest BCUT2D eigenvalue weighted by molar-refractivity contribution is -0.142. The molecule has 1 heterocycles. The number of aryl methyl sites for hydroxylation is 1. The summed E-state index contributed by atoms with van der Waals surface area (Å²) >= 11 is 0. The fourth-order valence-electron chi connectivity index (χ4n) is 7.47. The number of carbonyl (C=O) groups is 1. The minimum atomic E-state index is -0.124. The molecule has 0 saturated heterocycles. The van der Waals surface area contributed by atoms with Gasteiger partial charge in [-0.3, -0.25) is 9.79 Å². The summed E-state index contributed by atoms with van der Waals surface area (Å²) in [5.74, 6) is 2.93. The predicted molar refractivity (Wildman–Crippen MR) is 118 cm³/mol. The van der Waals surface area contributed by atoms with Crippen molar-refractivity contribution in [3.63, 3.8) is 0 Å². The summed E-state index contributed by atoms with van der Waals surface area (Å²) in [4.78, 5) is 18.9. The van der Waals surface area contributed by atoms with Gasteiger partial charge in [-0.05, 0) is 119 Å². The third-order valence-corrected chi connectivity index (χ3v) is 8.26. The predicted octanol–water partition coefficient (Wildman–Crippen LogP) is 5.01. The molecule has 0 spiro atoms. The Labute approximate surface area is 175 Å². The van der Waals surface area contributed by atoms with Gasteiger partial charge >= 0.3 is 0 Å². The molecule has 1 N–H and O–H groups in total. The average molecular weight is 393 g/mol. The molecular formula is C26H36N2O. The number of Topliss-reactive ketones (excluding diaryl/α,β-unsaturated/α-hetero) is 1. The number of ketones is 1. The molecule has 1 aromatic carbocycles. The molecule has 4 aliphatic carbocycles. The Morgan fingerprint density at radius 1 is 1.10 bits per heavy atom. The van der Waals surface area contributed by atoms with Crippen molar-refractivity contribution in [2.45, 2.75) is 84.2 Å². The normalized spacial score (nSPS) is 34.1. The monoisotopic (exact) mass is 392 g/mol. The van der Waals surface area contributed by atoms with Gasteiger partial charge in [0, 0.05) is 18.4 Å². The van der Waals surface area contributed by atoms with Crippen LogP contribution >= 0.6 is 0 Å². The second kappa shape index (κ2) is 6.77. The van der Waals surface area contributed by atoms with Crippen LogP contribution in [0.3, 0.4) is 0 Å². The van der Waals surface area contributed by atoms with E-state index in [1.165, 1.54) is 41.5 Å². The molecule has 1 aromatic rings. The van der Waals surface area contributed by atoms with Crippen molar-refractivity contribution in [3.8, 4) is 0 Å². The summed E-state index contributed by atoms with van der Waals surface area (Å²) in [5, 5.41) is 3.29. The van der Waals surface area contributed by atoms with Gasteiger partial charge in [0.15, 0.2) is 0 Å². The largest absolute Gasteiger partial charge is 0.316 e. The van der Waals surface area contributed by atoms with Gasteiger partial charge in [0.05, 0.1) is 11.3 Å². The van der Waals surface area contributed by atoms with E-state index < -0.39 is 0 Å². The lowest BCUT2D eigenvalue weighted by Gasteiger charge is -2.56. The highest BCUT2D eigenvalue weighted by atomic mass is 16.1. The highest BCUT2D eigenvalue weighted by Crippen LogP contribution is 2.60. The minimum Gasteiger partial charge on any atom is -0.316 e. The Kier molecular flexibility index (Phi) is 4.55. The number of benzene rings is 1. The van der Waals surface area contributed by atoms with Crippen LogP contribution in [0.5, 0.6) is 0 Å². The number of nitrogens with zero attached hydrogens (tertiary/aromatic N) is 1. The fraction of sp³-hybridized carbons (Fsp3) is 0.692. The van der Waals surface area contributed by atoms with Crippen LogP contribution in [0.2, 0.25) is 0 Å². The van der Waals surface area contributed by atoms with Crippen LogP contribution in [0.25, 0.3) is 0 Å². The number of nitrogens with one attached hydrogen (secondary N) is 1. The van der Waals surface area contributed by atoms with Crippen molar-refractivity contribution < 1.29 is 4.79 Å². The van der Waals surface area contributed by atoms with Gasteiger partial charge in [-0.2, -0.15) is 0 Å². The van der Waals surface area contributed by atoms with Gasteiger partial charge in [0.2, 0.25) is 0 Å². The number of aliphatic imine (C=N–C) groups is 1. The van der Waals surface area contributed by atoms with Crippen LogP contribution in [0, 0.1) is 30.1 Å². The van der Waals surface area contributed by atoms with Crippen LogP contribution in [-0.2, 0) is 17.8 Å². The zero-order valence-corrected chi connectivity index (χ0v) is 18.6. The first-order valence-corrected chi connectivity index (χ1v) is 11.7. The van der Waals surface area contributed by atoms with Crippen LogP contribution < -0.4 is 5.32 Å². The molecule has 1 aliphatic heterocycles. The van der Waals surface area contributed by atoms with Crippen molar-refractivity contribution >= 4 is 11.5 Å². The number of carbonyl (C=O) groups excluding carboxylic acids is 1. The topological polar surface area (TPSA) is 41.5 Å². The molecule has 4 saturated carbocycles. The van der Waals surface area contributed by atoms with Crippen molar-refractivity contribution in [2.24, 2.45) is 28.2 Å². The van der Waals surface area contributed by atoms with E-state index in [9.17, 15) is 4.79 Å². The molecule has 0 unspecified atom stereocenters. The smallest absolute Gasteiger partial charge is 0.145 e. The quantitative estimate of drug-likeness (QED) is 0.765. The SMILES string of the molecule is CNCc1cc2c(cc1C)CC(C)(C)N=C2CC(=O)C12CC3CC(CC(C3)C1)C2. The number of rotatable bonds is 5. The van der Waals surface area contributed by atoms with Crippen molar-refractivity contribution in [1.82, 2.24) is 5.32 Å². The summed E-state index contributed by atoms with van der Waals surface area (Å²) in [7, 11) is 1.99. The van der Waals surface area contributed by atoms with Crippen molar-refractivity contribution in [3.05, 3.63) is 34.4 Å². The summed E-state index contributed by atoms with van der Waals surface area (Å²) < 4.78 is 0. The zero-order chi connectivity index (χ0) is 20.4. The Hall–Kier alpha value is -1.48. The fourth-order valence-corrected chi connectivity index (χ4v) is 7.47. The first kappa shape index (κ1) is 19.5. The maximum atomic E-state index is 13.8. The maximum absolute atomic E-state index is 13.8. The van der Waals surface area contributed by atoms with Crippen LogP contribution in [0.4, 0.5) is 0 Å². The molecule has 29 heavy (non-hydrogen) atoms. The molecule has 3 heteroatoms. The van der Waals surface area contributed by atoms with Crippen LogP contribution in [-0.4, -0.2) is 24.1 Å². The van der Waals surface area contributed by atoms with E-state index >= 15 is 0 Å². The van der Waals surface area contributed by atoms with Gasteiger partial charge < -0.3 is 5.32 Å². The van der Waals surface area contributed by atoms with Gasteiger partial charge in [-0.1, -0.05) is 6.07 Å². The average Bonchev–Trinajstić information content (AvgIpc) is 2.61. The Morgan fingerprint density at radius 3 is 2.31 bits per heavy atom. The van der Waals surface area contributed by atoms with Crippen molar-refractivity contribution in [1.29, 1.82) is 0 Å². The summed E-state index contributed by atoms with van der Waals surface area (Å²) in [6.45, 7) is 7.48. The Morgan fingerprint density at radius 2 is 1.72 bits per heavy atom. The Balaban J connectivity index is 1.47. The molecule has 4 bridgehead atoms. The van der Waals surface area contributed by atoms with E-state index in [0.29, 0.717) is 12.2 Å². The minimum absolute atomic E-state index is 0.0302. The molecule has 3 nitrogen and oxygen atoms in total. The number of fused-ring (bicyclic) bond motifs is 1. The molecule has 6 rings (SSSR count). The molecule has 0 atom stereocenters. The molecular weight excluding hydrogens is 356 g/mol. The molecule has 156 valence electrons. The summed E-state index contributed by atoms with van der Waals surface area (Å²) in [5.41, 5.74) is 6.16. The highest BCUT2D eigenvalue weighted by Gasteiger charge is 2.54. The van der Waals surface area contributed by atoms with Crippen molar-refractivity contribution in [2.75, 3.05) is 7.05 Å². The summed E-state index contributed by atoms with van der Waals surface area (Å²) in [6, 6.07) is 4.65. The lowest BCUT2D eigenvalue weighted by Crippen LogP contribution is -2.50. The zero-order valence-electron chi connectivity index (χ0n) is 18.6. The number of hydrogen-bond acceptors (Lipinski definition) is 3. The molecule has 5 aliphatic rings. The van der Waals surface area contributed by atoms with E-state index in [1.807, 2.05) is 7.05 Å². The second-order valence-electron chi connectivity index (χ2n) is 11.3.